The minimum Gasteiger partial charge on any atom is -0.287 e. The largest absolute Gasteiger partial charge is 0.287 e. The quantitative estimate of drug-likeness (QED) is 0.107. The average molecular weight is 1300 g/mol. The summed E-state index contributed by atoms with van der Waals surface area (Å²) in [4.78, 5) is 23.0. The Hall–Kier alpha value is -8.34. The molecule has 0 aromatic heterocycles. The molecule has 21 rings (SSSR count). The van der Waals surface area contributed by atoms with Gasteiger partial charge >= 0.3 is 0 Å². The Morgan fingerprint density at radius 1 is 0.167 bits per heavy atom. The van der Waals surface area contributed by atoms with Crippen molar-refractivity contribution in [3.8, 4) is 33.4 Å². The van der Waals surface area contributed by atoms with Crippen LogP contribution in [0.15, 0.2) is 30.0 Å². The van der Waals surface area contributed by atoms with Crippen molar-refractivity contribution in [1.82, 2.24) is 0 Å². The molecule has 6 atom stereocenters. The summed E-state index contributed by atoms with van der Waals surface area (Å²) in [7, 11) is 0. The maximum atomic E-state index is 15.8. The second kappa shape index (κ2) is 25.5. The minimum atomic E-state index is -2.66. The van der Waals surface area contributed by atoms with Crippen LogP contribution in [0.3, 0.4) is 0 Å². The molecule has 15 aliphatic rings. The van der Waals surface area contributed by atoms with Crippen molar-refractivity contribution in [3.05, 3.63) is 173 Å². The number of hydrogen-bond donors (Lipinski definition) is 0. The molecule has 0 amide bonds. The fourth-order valence-corrected chi connectivity index (χ4v) is 11.2. The van der Waals surface area contributed by atoms with E-state index in [0.717, 1.165) is 0 Å². The van der Waals surface area contributed by atoms with Gasteiger partial charge in [-0.05, 0) is 38.5 Å². The van der Waals surface area contributed by atoms with Gasteiger partial charge in [-0.1, -0.05) is 38.5 Å². The molecule has 0 saturated heterocycles. The number of hydrogen-bond acceptors (Lipinski definition) is 6. The van der Waals surface area contributed by atoms with E-state index >= 15 is 105 Å². The van der Waals surface area contributed by atoms with E-state index in [0.29, 0.717) is 0 Å². The van der Waals surface area contributed by atoms with Crippen LogP contribution in [0.25, 0.3) is 33.4 Å². The first kappa shape index (κ1) is 64.6. The van der Waals surface area contributed by atoms with Gasteiger partial charge in [0, 0.05) is 37.3 Å². The van der Waals surface area contributed by atoms with Crippen LogP contribution in [-0.2, 0) is 0 Å². The van der Waals surface area contributed by atoms with Crippen LogP contribution in [-0.4, -0.2) is 73.5 Å². The SMILES string of the molecule is Fc1c(F)c2c(F)c(F)c1C=N[C@@H]1CCCC[C@H]1N=Cc1c(F)c(F)c(c(F)c1F)-c1c(F)c(F)c(c(F)c1F)C=N[C@@H]1CCCC[C@H]1N=Cc1c(F)c(F)c(c(F)c1F)-c1c(F)c(F)c(c(F)c1F)C=N[C@@H]1CCCC[C@H]1N=Cc1c(F)c(F)c-2c(F)c1F. The molecule has 0 spiro atoms. The Balaban J connectivity index is 1.10. The Labute approximate surface area is 491 Å². The lowest BCUT2D eigenvalue weighted by Gasteiger charge is -2.25. The van der Waals surface area contributed by atoms with Gasteiger partial charge in [0.05, 0.1) is 103 Å². The molecule has 3 aliphatic carbocycles. The van der Waals surface area contributed by atoms with Crippen molar-refractivity contribution in [2.24, 2.45) is 30.0 Å². The topological polar surface area (TPSA) is 74.2 Å². The summed E-state index contributed by atoms with van der Waals surface area (Å²) in [6.45, 7) is 0. The normalized spacial score (nSPS) is 20.5. The third kappa shape index (κ3) is 11.1. The van der Waals surface area contributed by atoms with Crippen molar-refractivity contribution in [1.29, 1.82) is 0 Å². The number of rotatable bonds is 0. The third-order valence-corrected chi connectivity index (χ3v) is 16.0. The zero-order valence-electron chi connectivity index (χ0n) is 45.2. The Kier molecular flexibility index (Phi) is 18.3. The smallest absolute Gasteiger partial charge is 0.171 e. The van der Waals surface area contributed by atoms with Crippen molar-refractivity contribution < 1.29 is 105 Å². The molecule has 3 fully saturated rings. The number of nitrogens with zero attached hydrogens (tertiary/aromatic N) is 6. The van der Waals surface area contributed by atoms with Crippen LogP contribution in [0.2, 0.25) is 0 Å². The third-order valence-electron chi connectivity index (χ3n) is 16.0. The summed E-state index contributed by atoms with van der Waals surface area (Å²) in [5, 5.41) is 0. The first-order valence-electron chi connectivity index (χ1n) is 27.1. The standard InChI is InChI=1S/C60H36F24N6/c61-37-19-13-85-25-7-1-2-8-26(25)86-14-20-39(63)51(75)33(52(76)40(20)64)34-55(79)43(67)22(44(68)56(34)80)16-88-29-11-5-6-12-30(29)90-18-24-47(71)59(83)36(60(84)48(24)72)35-57(81)45(69)23(46(70)58(35)82)17-89-28-10-4-3-9-27(28)87-15-21-41(65)53(77)32(54(78)42(21)66)31(49(37)73)50(74)38(19)62/h13-18,25-30H,1-12H2/t25-,26-,27-,28-,29-,30-/m1/s1. The Bertz CT molecular complexity index is 3310. The zero-order chi connectivity index (χ0) is 65.2. The van der Waals surface area contributed by atoms with Crippen LogP contribution in [0, 0.1) is 140 Å². The maximum Gasteiger partial charge on any atom is 0.171 e. The van der Waals surface area contributed by atoms with E-state index in [1.54, 1.807) is 0 Å². The van der Waals surface area contributed by atoms with E-state index in [-0.39, 0.29) is 114 Å². The monoisotopic (exact) mass is 1300 g/mol. The highest BCUT2D eigenvalue weighted by Gasteiger charge is 2.39. The summed E-state index contributed by atoms with van der Waals surface area (Å²) in [5.41, 5.74) is -24.4. The molecule has 0 unspecified atom stereocenters. The highest BCUT2D eigenvalue weighted by atomic mass is 19.2. The molecule has 12 aliphatic heterocycles. The van der Waals surface area contributed by atoms with Crippen LogP contribution in [0.5, 0.6) is 0 Å². The second-order valence-corrected chi connectivity index (χ2v) is 21.2. The van der Waals surface area contributed by atoms with Gasteiger partial charge in [-0.25, -0.2) is 105 Å². The summed E-state index contributed by atoms with van der Waals surface area (Å²) >= 11 is 0. The van der Waals surface area contributed by atoms with Crippen LogP contribution in [0.4, 0.5) is 105 Å². The maximum absolute atomic E-state index is 15.8. The molecule has 474 valence electrons. The predicted molar refractivity (Wildman–Crippen MR) is 278 cm³/mol. The second-order valence-electron chi connectivity index (χ2n) is 21.2. The zero-order valence-corrected chi connectivity index (χ0v) is 45.2. The van der Waals surface area contributed by atoms with Crippen LogP contribution in [0.1, 0.15) is 110 Å². The molecular formula is C60H36F24N6. The molecule has 0 N–H and O–H groups in total. The highest BCUT2D eigenvalue weighted by Crippen LogP contribution is 2.43. The lowest BCUT2D eigenvalue weighted by molar-refractivity contribution is 0.389. The summed E-state index contributed by atoms with van der Waals surface area (Å²) < 4.78 is 378. The van der Waals surface area contributed by atoms with Crippen molar-refractivity contribution in [2.75, 3.05) is 0 Å². The Morgan fingerprint density at radius 2 is 0.267 bits per heavy atom. The minimum absolute atomic E-state index is 0.139. The predicted octanol–water partition coefficient (Wildman–Crippen LogP) is 16.9. The van der Waals surface area contributed by atoms with E-state index in [1.165, 1.54) is 0 Å². The molecule has 6 aromatic carbocycles. The van der Waals surface area contributed by atoms with Gasteiger partial charge in [0.1, 0.15) is 0 Å². The van der Waals surface area contributed by atoms with E-state index < -0.39 is 243 Å². The first-order chi connectivity index (χ1) is 42.7. The molecule has 6 nitrogen and oxygen atoms in total. The molecule has 0 radical (unpaired) electrons. The van der Waals surface area contributed by atoms with Gasteiger partial charge in [-0.3, -0.25) is 30.0 Å². The highest BCUT2D eigenvalue weighted by molar-refractivity contribution is 5.88. The summed E-state index contributed by atoms with van der Waals surface area (Å²) in [6, 6.07) is -8.33. The lowest BCUT2D eigenvalue weighted by Crippen LogP contribution is -2.27. The van der Waals surface area contributed by atoms with Crippen molar-refractivity contribution in [3.63, 3.8) is 0 Å². The molecular weight excluding hydrogens is 1260 g/mol. The molecule has 30 heteroatoms. The van der Waals surface area contributed by atoms with E-state index in [2.05, 4.69) is 30.0 Å². The molecule has 12 bridgehead atoms. The van der Waals surface area contributed by atoms with Gasteiger partial charge in [0.15, 0.2) is 140 Å². The van der Waals surface area contributed by atoms with Gasteiger partial charge < -0.3 is 0 Å². The lowest BCUT2D eigenvalue weighted by atomic mass is 9.91. The fourth-order valence-electron chi connectivity index (χ4n) is 11.2. The van der Waals surface area contributed by atoms with Gasteiger partial charge in [-0.2, -0.15) is 0 Å². The molecule has 90 heavy (non-hydrogen) atoms. The number of halogens is 24. The molecule has 3 saturated carbocycles. The van der Waals surface area contributed by atoms with Gasteiger partial charge in [0.2, 0.25) is 0 Å². The van der Waals surface area contributed by atoms with Crippen LogP contribution < -0.4 is 0 Å². The number of aliphatic imine (C=N–C) groups is 6. The molecule has 6 aromatic rings. The van der Waals surface area contributed by atoms with Gasteiger partial charge in [0.25, 0.3) is 0 Å². The summed E-state index contributed by atoms with van der Waals surface area (Å²) in [6.07, 6.45) is 1.12. The summed E-state index contributed by atoms with van der Waals surface area (Å²) in [5.74, 6) is -61.7. The van der Waals surface area contributed by atoms with E-state index in [9.17, 15) is 0 Å². The van der Waals surface area contributed by atoms with Gasteiger partial charge in [-0.15, -0.1) is 0 Å². The number of benzene rings is 6. The molecule has 12 heterocycles. The average Bonchev–Trinajstić information content (AvgIpc) is 0.766. The van der Waals surface area contributed by atoms with E-state index in [1.807, 2.05) is 0 Å². The van der Waals surface area contributed by atoms with Crippen molar-refractivity contribution in [2.45, 2.75) is 113 Å². The Morgan fingerprint density at radius 3 is 0.367 bits per heavy atom. The van der Waals surface area contributed by atoms with Crippen LogP contribution >= 0.6 is 0 Å². The van der Waals surface area contributed by atoms with E-state index in [4.69, 9.17) is 0 Å². The fraction of sp³-hybridized carbons (Fsp3) is 0.300. The van der Waals surface area contributed by atoms with Crippen molar-refractivity contribution >= 4 is 37.3 Å². The first-order valence-corrected chi connectivity index (χ1v) is 27.1.